The summed E-state index contributed by atoms with van der Waals surface area (Å²) in [5.74, 6) is -0.116. The van der Waals surface area contributed by atoms with Crippen molar-refractivity contribution in [2.45, 2.75) is 6.92 Å². The fraction of sp³-hybridized carbons (Fsp3) is 0.0588. The number of para-hydroxylation sites is 2. The Bertz CT molecular complexity index is 721. The van der Waals surface area contributed by atoms with E-state index in [-0.39, 0.29) is 17.1 Å². The molecule has 1 aliphatic rings. The molecule has 0 amide bonds. The fourth-order valence-electron chi connectivity index (χ4n) is 2.31. The number of nitrogens with one attached hydrogen (secondary N) is 2. The summed E-state index contributed by atoms with van der Waals surface area (Å²) in [6.07, 6.45) is 0. The van der Waals surface area contributed by atoms with Crippen molar-refractivity contribution in [3.63, 3.8) is 0 Å². The summed E-state index contributed by atoms with van der Waals surface area (Å²) in [6.45, 7) is 1.40. The van der Waals surface area contributed by atoms with Gasteiger partial charge in [0.25, 0.3) is 0 Å². The third-order valence-corrected chi connectivity index (χ3v) is 3.31. The van der Waals surface area contributed by atoms with Crippen LogP contribution in [-0.2, 0) is 4.79 Å². The van der Waals surface area contributed by atoms with E-state index in [9.17, 15) is 9.59 Å². The van der Waals surface area contributed by atoms with Crippen LogP contribution in [0.25, 0.3) is 0 Å². The van der Waals surface area contributed by atoms with Crippen molar-refractivity contribution in [2.75, 3.05) is 10.6 Å². The van der Waals surface area contributed by atoms with Crippen molar-refractivity contribution in [1.29, 1.82) is 0 Å². The molecule has 1 aliphatic heterocycles. The number of fused-ring (bicyclic) bond motifs is 1. The van der Waals surface area contributed by atoms with Crippen LogP contribution in [-0.4, -0.2) is 11.6 Å². The van der Waals surface area contributed by atoms with Crippen LogP contribution in [0.15, 0.2) is 66.0 Å². The molecule has 0 saturated carbocycles. The van der Waals surface area contributed by atoms with Crippen LogP contribution in [0.2, 0.25) is 0 Å². The Morgan fingerprint density at radius 3 is 1.86 bits per heavy atom. The van der Waals surface area contributed by atoms with Gasteiger partial charge in [-0.05, 0) is 19.1 Å². The van der Waals surface area contributed by atoms with Crippen molar-refractivity contribution >= 4 is 22.9 Å². The van der Waals surface area contributed by atoms with Crippen LogP contribution in [0.4, 0.5) is 11.4 Å². The summed E-state index contributed by atoms with van der Waals surface area (Å²) in [5, 5.41) is 6.19. The summed E-state index contributed by atoms with van der Waals surface area (Å²) in [5.41, 5.74) is 2.34. The SMILES string of the molecule is CC(=O)C(C(=O)c1ccccc1)=C1Nc2ccccc2N1. The molecule has 0 unspecified atom stereocenters. The maximum atomic E-state index is 12.6. The molecule has 0 aromatic heterocycles. The van der Waals surface area contributed by atoms with Gasteiger partial charge in [-0.3, -0.25) is 9.59 Å². The van der Waals surface area contributed by atoms with Crippen molar-refractivity contribution < 1.29 is 9.59 Å². The minimum Gasteiger partial charge on any atom is -0.339 e. The van der Waals surface area contributed by atoms with E-state index in [2.05, 4.69) is 10.6 Å². The highest BCUT2D eigenvalue weighted by Crippen LogP contribution is 2.31. The van der Waals surface area contributed by atoms with Crippen molar-refractivity contribution in [3.8, 4) is 0 Å². The molecule has 0 radical (unpaired) electrons. The van der Waals surface area contributed by atoms with Crippen LogP contribution >= 0.6 is 0 Å². The van der Waals surface area contributed by atoms with Crippen molar-refractivity contribution in [2.24, 2.45) is 0 Å². The third-order valence-electron chi connectivity index (χ3n) is 3.31. The molecule has 21 heavy (non-hydrogen) atoms. The Morgan fingerprint density at radius 1 is 0.810 bits per heavy atom. The molecule has 0 aliphatic carbocycles. The monoisotopic (exact) mass is 278 g/mol. The van der Waals surface area contributed by atoms with Crippen LogP contribution < -0.4 is 10.6 Å². The smallest absolute Gasteiger partial charge is 0.200 e. The minimum atomic E-state index is -0.286. The summed E-state index contributed by atoms with van der Waals surface area (Å²) in [7, 11) is 0. The van der Waals surface area contributed by atoms with Crippen LogP contribution in [0.1, 0.15) is 17.3 Å². The number of carbonyl (C=O) groups is 2. The second-order valence-corrected chi connectivity index (χ2v) is 4.80. The number of allylic oxidation sites excluding steroid dienone is 1. The molecule has 2 aromatic rings. The molecule has 4 nitrogen and oxygen atoms in total. The maximum absolute atomic E-state index is 12.6. The normalized spacial score (nSPS) is 12.1. The first-order chi connectivity index (χ1) is 10.2. The van der Waals surface area contributed by atoms with E-state index in [4.69, 9.17) is 0 Å². The van der Waals surface area contributed by atoms with Crippen LogP contribution in [0, 0.1) is 0 Å². The summed E-state index contributed by atoms with van der Waals surface area (Å²) in [4.78, 5) is 24.5. The summed E-state index contributed by atoms with van der Waals surface area (Å²) in [6, 6.07) is 16.4. The molecule has 104 valence electrons. The van der Waals surface area contributed by atoms with Gasteiger partial charge in [0.2, 0.25) is 0 Å². The second-order valence-electron chi connectivity index (χ2n) is 4.80. The number of hydrogen-bond donors (Lipinski definition) is 2. The largest absolute Gasteiger partial charge is 0.339 e. The number of Topliss-reactive ketones (excluding diaryl/α,β-unsaturated/α-hetero) is 2. The Hall–Kier alpha value is -2.88. The van der Waals surface area contributed by atoms with E-state index < -0.39 is 0 Å². The lowest BCUT2D eigenvalue weighted by atomic mass is 10.0. The van der Waals surface area contributed by atoms with E-state index in [1.807, 2.05) is 30.3 Å². The number of anilines is 2. The van der Waals surface area contributed by atoms with Gasteiger partial charge in [-0.2, -0.15) is 0 Å². The molecular weight excluding hydrogens is 264 g/mol. The van der Waals surface area contributed by atoms with Gasteiger partial charge in [-0.1, -0.05) is 42.5 Å². The van der Waals surface area contributed by atoms with E-state index in [1.165, 1.54) is 6.92 Å². The molecule has 0 fully saturated rings. The standard InChI is InChI=1S/C17H14N2O2/c1-11(20)15(16(21)12-7-3-2-4-8-12)17-18-13-9-5-6-10-14(13)19-17/h2-10,18-19H,1H3. The highest BCUT2D eigenvalue weighted by atomic mass is 16.1. The first kappa shape index (κ1) is 13.1. The van der Waals surface area contributed by atoms with E-state index in [1.54, 1.807) is 24.3 Å². The Labute approximate surface area is 122 Å². The van der Waals surface area contributed by atoms with Gasteiger partial charge in [-0.15, -0.1) is 0 Å². The fourth-order valence-corrected chi connectivity index (χ4v) is 2.31. The lowest BCUT2D eigenvalue weighted by Crippen LogP contribution is -2.18. The Balaban J connectivity index is 2.03. The van der Waals surface area contributed by atoms with Gasteiger partial charge < -0.3 is 10.6 Å². The number of carbonyl (C=O) groups excluding carboxylic acids is 2. The molecule has 0 bridgehead atoms. The lowest BCUT2D eigenvalue weighted by molar-refractivity contribution is -0.113. The van der Waals surface area contributed by atoms with Gasteiger partial charge in [0.05, 0.1) is 11.4 Å². The predicted octanol–water partition coefficient (Wildman–Crippen LogP) is 3.21. The van der Waals surface area contributed by atoms with E-state index >= 15 is 0 Å². The number of rotatable bonds is 3. The quantitative estimate of drug-likeness (QED) is 0.392. The number of benzene rings is 2. The zero-order chi connectivity index (χ0) is 14.8. The van der Waals surface area contributed by atoms with Crippen LogP contribution in [0.5, 0.6) is 0 Å². The zero-order valence-corrected chi connectivity index (χ0v) is 11.5. The van der Waals surface area contributed by atoms with Gasteiger partial charge >= 0.3 is 0 Å². The molecule has 2 aromatic carbocycles. The molecule has 1 heterocycles. The van der Waals surface area contributed by atoms with Gasteiger partial charge in [-0.25, -0.2) is 0 Å². The molecule has 4 heteroatoms. The van der Waals surface area contributed by atoms with Crippen LogP contribution in [0.3, 0.4) is 0 Å². The predicted molar refractivity (Wildman–Crippen MR) is 82.2 cm³/mol. The number of ketones is 2. The average molecular weight is 278 g/mol. The van der Waals surface area contributed by atoms with Gasteiger partial charge in [0, 0.05) is 5.56 Å². The van der Waals surface area contributed by atoms with Gasteiger partial charge in [0.1, 0.15) is 11.4 Å². The topological polar surface area (TPSA) is 58.2 Å². The van der Waals surface area contributed by atoms with Gasteiger partial charge in [0.15, 0.2) is 11.6 Å². The molecule has 2 N–H and O–H groups in total. The Kier molecular flexibility index (Phi) is 3.28. The minimum absolute atomic E-state index is 0.136. The third kappa shape index (κ3) is 2.43. The molecule has 0 spiro atoms. The maximum Gasteiger partial charge on any atom is 0.200 e. The second kappa shape index (κ2) is 5.25. The van der Waals surface area contributed by atoms with Crippen molar-refractivity contribution in [3.05, 3.63) is 71.6 Å². The molecule has 3 rings (SSSR count). The Morgan fingerprint density at radius 2 is 1.33 bits per heavy atom. The molecular formula is C17H14N2O2. The van der Waals surface area contributed by atoms with Crippen molar-refractivity contribution in [1.82, 2.24) is 0 Å². The highest BCUT2D eigenvalue weighted by Gasteiger charge is 2.25. The average Bonchev–Trinajstić information content (AvgIpc) is 2.91. The number of hydrogen-bond acceptors (Lipinski definition) is 4. The van der Waals surface area contributed by atoms with E-state index in [0.29, 0.717) is 11.4 Å². The zero-order valence-electron chi connectivity index (χ0n) is 11.5. The van der Waals surface area contributed by atoms with E-state index in [0.717, 1.165) is 11.4 Å². The summed E-state index contributed by atoms with van der Waals surface area (Å²) < 4.78 is 0. The first-order valence-electron chi connectivity index (χ1n) is 6.65. The lowest BCUT2D eigenvalue weighted by Gasteiger charge is -2.08. The highest BCUT2D eigenvalue weighted by molar-refractivity contribution is 6.26. The molecule has 0 saturated heterocycles. The summed E-state index contributed by atoms with van der Waals surface area (Å²) >= 11 is 0. The molecule has 0 atom stereocenters. The first-order valence-corrected chi connectivity index (χ1v) is 6.65.